The third-order valence-electron chi connectivity index (χ3n) is 7.19. The van der Waals surface area contributed by atoms with Crippen LogP contribution in [0.5, 0.6) is 5.75 Å². The highest BCUT2D eigenvalue weighted by molar-refractivity contribution is 5.96. The maximum absolute atomic E-state index is 13.8. The second-order valence-corrected chi connectivity index (χ2v) is 9.71. The first-order valence-electron chi connectivity index (χ1n) is 12.0. The number of aromatic nitrogens is 2. The maximum atomic E-state index is 13.8. The minimum atomic E-state index is -1.40. The van der Waals surface area contributed by atoms with E-state index in [0.717, 1.165) is 50.6 Å². The molecule has 1 atom stereocenters. The molecule has 1 N–H and O–H groups in total. The van der Waals surface area contributed by atoms with Crippen LogP contribution in [-0.4, -0.2) is 46.2 Å². The van der Waals surface area contributed by atoms with Gasteiger partial charge in [-0.15, -0.1) is 5.10 Å². The van der Waals surface area contributed by atoms with Crippen LogP contribution in [0.1, 0.15) is 71.6 Å². The second kappa shape index (κ2) is 10.1. The quantitative estimate of drug-likeness (QED) is 0.645. The van der Waals surface area contributed by atoms with E-state index in [1.807, 2.05) is 0 Å². The van der Waals surface area contributed by atoms with Gasteiger partial charge in [0, 0.05) is 30.9 Å². The Bertz CT molecular complexity index is 850. The van der Waals surface area contributed by atoms with Gasteiger partial charge in [-0.3, -0.25) is 9.69 Å². The van der Waals surface area contributed by atoms with Crippen molar-refractivity contribution in [2.45, 2.75) is 77.7 Å². The van der Waals surface area contributed by atoms with Gasteiger partial charge in [-0.25, -0.2) is 9.48 Å². The van der Waals surface area contributed by atoms with Crippen molar-refractivity contribution >= 4 is 23.6 Å². The third kappa shape index (κ3) is 5.17. The SMILES string of the molecule is CC1CC=C(n2cc(OC(=O)O)c(N(C(=O)C3CCC(C)CC3)C3CCOCC3)n2)CC1. The summed E-state index contributed by atoms with van der Waals surface area (Å²) < 4.78 is 12.4. The van der Waals surface area contributed by atoms with Crippen LogP contribution in [0.3, 0.4) is 0 Å². The molecule has 0 radical (unpaired) electrons. The Hall–Kier alpha value is -2.35. The van der Waals surface area contributed by atoms with Crippen molar-refractivity contribution in [2.24, 2.45) is 17.8 Å². The maximum Gasteiger partial charge on any atom is 0.511 e. The largest absolute Gasteiger partial charge is 0.511 e. The molecule has 0 aromatic carbocycles. The van der Waals surface area contributed by atoms with Crippen LogP contribution in [0.4, 0.5) is 10.6 Å². The van der Waals surface area contributed by atoms with E-state index in [-0.39, 0.29) is 23.6 Å². The first-order chi connectivity index (χ1) is 15.4. The molecular formula is C24H35N3O5. The van der Waals surface area contributed by atoms with Gasteiger partial charge in [0.05, 0.1) is 6.20 Å². The van der Waals surface area contributed by atoms with Gasteiger partial charge < -0.3 is 14.6 Å². The molecule has 32 heavy (non-hydrogen) atoms. The van der Waals surface area contributed by atoms with Gasteiger partial charge in [-0.1, -0.05) is 19.9 Å². The van der Waals surface area contributed by atoms with E-state index in [9.17, 15) is 14.7 Å². The molecule has 2 fully saturated rings. The van der Waals surface area contributed by atoms with Crippen molar-refractivity contribution in [3.8, 4) is 5.75 Å². The Labute approximate surface area is 189 Å². The number of amides is 1. The minimum absolute atomic E-state index is 0.0375. The fraction of sp³-hybridized carbons (Fsp3) is 0.708. The Balaban J connectivity index is 1.69. The lowest BCUT2D eigenvalue weighted by Crippen LogP contribution is -2.47. The summed E-state index contributed by atoms with van der Waals surface area (Å²) in [4.78, 5) is 27.0. The lowest BCUT2D eigenvalue weighted by Gasteiger charge is -2.36. The summed E-state index contributed by atoms with van der Waals surface area (Å²) in [5.74, 6) is 1.68. The summed E-state index contributed by atoms with van der Waals surface area (Å²) in [7, 11) is 0. The molecular weight excluding hydrogens is 410 g/mol. The average Bonchev–Trinajstić information content (AvgIpc) is 3.18. The topological polar surface area (TPSA) is 93.9 Å². The minimum Gasteiger partial charge on any atom is -0.449 e. The number of allylic oxidation sites excluding steroid dienone is 2. The van der Waals surface area contributed by atoms with E-state index in [1.165, 1.54) is 0 Å². The number of carboxylic acid groups (broad SMARTS) is 1. The lowest BCUT2D eigenvalue weighted by molar-refractivity contribution is -0.124. The van der Waals surface area contributed by atoms with E-state index in [2.05, 4.69) is 19.9 Å². The zero-order valence-corrected chi connectivity index (χ0v) is 19.2. The number of ether oxygens (including phenoxy) is 2. The smallest absolute Gasteiger partial charge is 0.449 e. The van der Waals surface area contributed by atoms with E-state index in [1.54, 1.807) is 15.8 Å². The van der Waals surface area contributed by atoms with Gasteiger partial charge in [0.25, 0.3) is 0 Å². The lowest BCUT2D eigenvalue weighted by atomic mass is 9.82. The molecule has 1 aromatic heterocycles. The van der Waals surface area contributed by atoms with Crippen LogP contribution in [0.2, 0.25) is 0 Å². The van der Waals surface area contributed by atoms with Crippen molar-refractivity contribution < 1.29 is 24.2 Å². The van der Waals surface area contributed by atoms with E-state index in [4.69, 9.17) is 14.6 Å². The summed E-state index contributed by atoms with van der Waals surface area (Å²) in [6, 6.07) is -0.0737. The van der Waals surface area contributed by atoms with E-state index < -0.39 is 6.16 Å². The molecule has 1 aliphatic heterocycles. The molecule has 1 saturated carbocycles. The van der Waals surface area contributed by atoms with E-state index in [0.29, 0.717) is 43.7 Å². The number of hydrogen-bond acceptors (Lipinski definition) is 5. The highest BCUT2D eigenvalue weighted by Gasteiger charge is 2.37. The Morgan fingerprint density at radius 1 is 1.09 bits per heavy atom. The molecule has 3 aliphatic rings. The molecule has 1 saturated heterocycles. The molecule has 0 spiro atoms. The van der Waals surface area contributed by atoms with Gasteiger partial charge in [-0.05, 0) is 69.6 Å². The summed E-state index contributed by atoms with van der Waals surface area (Å²) in [6.07, 6.45) is 10.4. The van der Waals surface area contributed by atoms with Crippen LogP contribution in [0.15, 0.2) is 12.3 Å². The molecule has 1 unspecified atom stereocenters. The molecule has 1 aromatic rings. The number of hydrogen-bond donors (Lipinski definition) is 1. The third-order valence-corrected chi connectivity index (χ3v) is 7.19. The standard InChI is InChI=1S/C24H35N3O5/c1-16-3-7-18(8-4-16)23(28)27(20-11-13-31-14-12-20)22-21(32-24(29)30)15-26(25-22)19-9-5-17(2)6-10-19/h9,15-18,20H,3-8,10-14H2,1-2H3,(H,29,30). The fourth-order valence-electron chi connectivity index (χ4n) is 5.09. The molecule has 2 aliphatic carbocycles. The van der Waals surface area contributed by atoms with Crippen molar-refractivity contribution in [3.05, 3.63) is 12.3 Å². The van der Waals surface area contributed by atoms with Crippen LogP contribution < -0.4 is 9.64 Å². The highest BCUT2D eigenvalue weighted by atomic mass is 16.7. The summed E-state index contributed by atoms with van der Waals surface area (Å²) in [5, 5.41) is 14.1. The van der Waals surface area contributed by atoms with Gasteiger partial charge >= 0.3 is 6.16 Å². The van der Waals surface area contributed by atoms with Crippen LogP contribution in [0, 0.1) is 17.8 Å². The first kappa shape index (κ1) is 22.8. The number of carbonyl (C=O) groups excluding carboxylic acids is 1. The van der Waals surface area contributed by atoms with Gasteiger partial charge in [-0.2, -0.15) is 0 Å². The van der Waals surface area contributed by atoms with Gasteiger partial charge in [0.2, 0.25) is 11.7 Å². The van der Waals surface area contributed by atoms with Crippen LogP contribution >= 0.6 is 0 Å². The molecule has 176 valence electrons. The number of carbonyl (C=O) groups is 2. The monoisotopic (exact) mass is 445 g/mol. The summed E-state index contributed by atoms with van der Waals surface area (Å²) in [6.45, 7) is 5.61. The predicted octanol–water partition coefficient (Wildman–Crippen LogP) is 4.94. The van der Waals surface area contributed by atoms with E-state index >= 15 is 0 Å². The molecule has 4 rings (SSSR count). The normalized spacial score (nSPS) is 26.9. The van der Waals surface area contributed by atoms with Gasteiger partial charge in [0.15, 0.2) is 5.75 Å². The number of nitrogens with zero attached hydrogens (tertiary/aromatic N) is 3. The van der Waals surface area contributed by atoms with Crippen molar-refractivity contribution in [1.82, 2.24) is 9.78 Å². The van der Waals surface area contributed by atoms with Crippen LogP contribution in [-0.2, 0) is 9.53 Å². The Kier molecular flexibility index (Phi) is 7.18. The zero-order valence-electron chi connectivity index (χ0n) is 19.2. The molecule has 1 amide bonds. The van der Waals surface area contributed by atoms with Gasteiger partial charge in [0.1, 0.15) is 0 Å². The second-order valence-electron chi connectivity index (χ2n) is 9.71. The predicted molar refractivity (Wildman–Crippen MR) is 121 cm³/mol. The van der Waals surface area contributed by atoms with Crippen molar-refractivity contribution in [2.75, 3.05) is 18.1 Å². The summed E-state index contributed by atoms with van der Waals surface area (Å²) in [5.41, 5.74) is 1.02. The van der Waals surface area contributed by atoms with Crippen molar-refractivity contribution in [3.63, 3.8) is 0 Å². The Morgan fingerprint density at radius 2 is 1.81 bits per heavy atom. The van der Waals surface area contributed by atoms with Crippen LogP contribution in [0.25, 0.3) is 5.70 Å². The molecule has 0 bridgehead atoms. The summed E-state index contributed by atoms with van der Waals surface area (Å²) >= 11 is 0. The first-order valence-corrected chi connectivity index (χ1v) is 12.0. The molecule has 8 heteroatoms. The fourth-order valence-corrected chi connectivity index (χ4v) is 5.09. The highest BCUT2D eigenvalue weighted by Crippen LogP contribution is 2.37. The molecule has 2 heterocycles. The average molecular weight is 446 g/mol. The molecule has 8 nitrogen and oxygen atoms in total. The Morgan fingerprint density at radius 3 is 2.44 bits per heavy atom. The zero-order chi connectivity index (χ0) is 22.7. The number of anilines is 1. The van der Waals surface area contributed by atoms with Crippen molar-refractivity contribution in [1.29, 1.82) is 0 Å². The number of rotatable bonds is 5.